The van der Waals surface area contributed by atoms with E-state index in [-0.39, 0.29) is 11.6 Å². The normalized spacial score (nSPS) is 14.6. The summed E-state index contributed by atoms with van der Waals surface area (Å²) in [5, 5.41) is 12.7. The third kappa shape index (κ3) is 7.34. The Kier molecular flexibility index (Phi) is 8.10. The number of hydrogen-bond acceptors (Lipinski definition) is 9. The third-order valence-electron chi connectivity index (χ3n) is 5.93. The van der Waals surface area contributed by atoms with Crippen molar-refractivity contribution in [3.8, 4) is 5.75 Å². The molecule has 0 saturated carbocycles. The molecule has 1 aromatic heterocycles. The molecule has 8 nitrogen and oxygen atoms in total. The fraction of sp³-hybridized carbons (Fsp3) is 0.179. The van der Waals surface area contributed by atoms with Crippen molar-refractivity contribution in [2.24, 2.45) is 0 Å². The molecule has 11 heteroatoms. The van der Waals surface area contributed by atoms with Gasteiger partial charge < -0.3 is 25.6 Å². The summed E-state index contributed by atoms with van der Waals surface area (Å²) in [4.78, 5) is 6.67. The molecular formula is C28H28FN5O3S2. The largest absolute Gasteiger partial charge is 0.489 e. The maximum absolute atomic E-state index is 13.1. The first-order valence-electron chi connectivity index (χ1n) is 12.3. The van der Waals surface area contributed by atoms with Gasteiger partial charge in [-0.2, -0.15) is 0 Å². The Bertz CT molecular complexity index is 1540. The van der Waals surface area contributed by atoms with Gasteiger partial charge in [-0.15, -0.1) is 11.3 Å². The number of benzene rings is 2. The van der Waals surface area contributed by atoms with Gasteiger partial charge in [-0.1, -0.05) is 12.1 Å². The average molecular weight is 566 g/mol. The van der Waals surface area contributed by atoms with Crippen molar-refractivity contribution in [3.63, 3.8) is 0 Å². The van der Waals surface area contributed by atoms with E-state index in [1.165, 1.54) is 29.7 Å². The summed E-state index contributed by atoms with van der Waals surface area (Å²) in [7, 11) is -2.99. The zero-order valence-electron chi connectivity index (χ0n) is 21.2. The van der Waals surface area contributed by atoms with E-state index in [1.807, 2.05) is 65.4 Å². The number of sulfone groups is 1. The fourth-order valence-corrected chi connectivity index (χ4v) is 5.15. The number of dihydropyridines is 1. The first-order chi connectivity index (χ1) is 18.8. The van der Waals surface area contributed by atoms with Crippen molar-refractivity contribution >= 4 is 32.7 Å². The summed E-state index contributed by atoms with van der Waals surface area (Å²) < 4.78 is 41.5. The van der Waals surface area contributed by atoms with Crippen molar-refractivity contribution in [2.45, 2.75) is 13.2 Å². The monoisotopic (exact) mass is 565 g/mol. The minimum absolute atomic E-state index is 0.100. The van der Waals surface area contributed by atoms with Crippen LogP contribution >= 0.6 is 11.3 Å². The highest BCUT2D eigenvalue weighted by Crippen LogP contribution is 2.31. The van der Waals surface area contributed by atoms with Crippen LogP contribution in [0, 0.1) is 5.82 Å². The molecule has 3 heterocycles. The molecule has 0 radical (unpaired) electrons. The zero-order chi connectivity index (χ0) is 27.2. The maximum atomic E-state index is 13.1. The van der Waals surface area contributed by atoms with Crippen molar-refractivity contribution in [1.29, 1.82) is 0 Å². The van der Waals surface area contributed by atoms with Crippen LogP contribution in [-0.2, 0) is 23.0 Å². The predicted octanol–water partition coefficient (Wildman–Crippen LogP) is 4.65. The molecule has 202 valence electrons. The number of allylic oxidation sites excluding steroid dienone is 2. The second-order valence-electron chi connectivity index (χ2n) is 9.06. The lowest BCUT2D eigenvalue weighted by molar-refractivity contribution is 0.306. The molecule has 0 atom stereocenters. The number of aromatic nitrogens is 1. The molecule has 0 unspecified atom stereocenters. The van der Waals surface area contributed by atoms with E-state index >= 15 is 0 Å². The van der Waals surface area contributed by atoms with E-state index in [1.54, 1.807) is 12.1 Å². The first-order valence-corrected chi connectivity index (χ1v) is 15.2. The van der Waals surface area contributed by atoms with Gasteiger partial charge in [-0.05, 0) is 48.0 Å². The SMILES string of the molecule is CS(=O)(=O)CCNCc1nc(N2C=CC3=CNC=C(Nc4ccc(OCc5ccc(F)cc5)cc4)C3=C2)cs1. The topological polar surface area (TPSA) is 95.6 Å². The van der Waals surface area contributed by atoms with Gasteiger partial charge in [0.25, 0.3) is 0 Å². The van der Waals surface area contributed by atoms with Crippen LogP contribution in [0.4, 0.5) is 15.9 Å². The minimum atomic E-state index is -2.99. The summed E-state index contributed by atoms with van der Waals surface area (Å²) in [6.07, 6.45) is 11.1. The smallest absolute Gasteiger partial charge is 0.148 e. The number of anilines is 2. The highest BCUT2D eigenvalue weighted by molar-refractivity contribution is 7.90. The van der Waals surface area contributed by atoms with E-state index in [0.29, 0.717) is 19.7 Å². The number of nitrogens with one attached hydrogen (secondary N) is 3. The second-order valence-corrected chi connectivity index (χ2v) is 12.3. The number of rotatable bonds is 11. The Morgan fingerprint density at radius 1 is 1.10 bits per heavy atom. The third-order valence-corrected chi connectivity index (χ3v) is 7.71. The minimum Gasteiger partial charge on any atom is -0.489 e. The summed E-state index contributed by atoms with van der Waals surface area (Å²) >= 11 is 1.52. The molecule has 0 saturated heterocycles. The highest BCUT2D eigenvalue weighted by Gasteiger charge is 2.19. The van der Waals surface area contributed by atoms with Crippen LogP contribution in [0.1, 0.15) is 10.6 Å². The van der Waals surface area contributed by atoms with Gasteiger partial charge in [0.15, 0.2) is 0 Å². The lowest BCUT2D eigenvalue weighted by Crippen LogP contribution is -2.22. The van der Waals surface area contributed by atoms with Crippen LogP contribution in [0.3, 0.4) is 0 Å². The molecular weight excluding hydrogens is 537 g/mol. The molecule has 0 amide bonds. The van der Waals surface area contributed by atoms with Crippen molar-refractivity contribution in [2.75, 3.05) is 28.8 Å². The number of thiazole rings is 1. The molecule has 2 aromatic carbocycles. The van der Waals surface area contributed by atoms with Gasteiger partial charge in [0.1, 0.15) is 38.8 Å². The Hall–Kier alpha value is -3.93. The Labute approximate surface area is 231 Å². The standard InChI is InChI=1S/C28H28FN5O3S2/c1-39(35,36)13-11-30-16-28-33-27(19-38-28)34-12-10-21-14-31-15-26(25(21)17-34)32-23-6-8-24(9-7-23)37-18-20-2-4-22(29)5-3-20/h2-10,12,14-15,17,19,30-32H,11,13,16,18H2,1H3. The lowest BCUT2D eigenvalue weighted by atomic mass is 10.0. The van der Waals surface area contributed by atoms with Gasteiger partial charge >= 0.3 is 0 Å². The summed E-state index contributed by atoms with van der Waals surface area (Å²) in [6, 6.07) is 13.9. The molecule has 39 heavy (non-hydrogen) atoms. The number of hydrogen-bond donors (Lipinski definition) is 3. The molecule has 0 aliphatic carbocycles. The van der Waals surface area contributed by atoms with Crippen LogP contribution in [0.25, 0.3) is 0 Å². The molecule has 5 rings (SSSR count). The molecule has 3 aromatic rings. The van der Waals surface area contributed by atoms with E-state index in [2.05, 4.69) is 16.0 Å². The Balaban J connectivity index is 1.20. The molecule has 2 aliphatic heterocycles. The number of ether oxygens (including phenoxy) is 1. The van der Waals surface area contributed by atoms with Gasteiger partial charge in [-0.25, -0.2) is 17.8 Å². The van der Waals surface area contributed by atoms with Crippen LogP contribution in [0.5, 0.6) is 5.75 Å². The van der Waals surface area contributed by atoms with E-state index < -0.39 is 9.84 Å². The summed E-state index contributed by atoms with van der Waals surface area (Å²) in [5.41, 5.74) is 4.74. The van der Waals surface area contributed by atoms with Crippen molar-refractivity contribution < 1.29 is 17.5 Å². The lowest BCUT2D eigenvalue weighted by Gasteiger charge is -2.26. The van der Waals surface area contributed by atoms with E-state index in [9.17, 15) is 12.8 Å². The molecule has 2 aliphatic rings. The summed E-state index contributed by atoms with van der Waals surface area (Å²) in [5.74, 6) is 1.35. The molecule has 3 N–H and O–H groups in total. The molecule has 0 spiro atoms. The van der Waals surface area contributed by atoms with Gasteiger partial charge in [0.05, 0.1) is 11.4 Å². The fourth-order valence-electron chi connectivity index (χ4n) is 3.89. The predicted molar refractivity (Wildman–Crippen MR) is 153 cm³/mol. The number of halogens is 1. The van der Waals surface area contributed by atoms with E-state index in [0.717, 1.165) is 44.7 Å². The van der Waals surface area contributed by atoms with Crippen LogP contribution in [0.15, 0.2) is 102 Å². The highest BCUT2D eigenvalue weighted by atomic mass is 32.2. The van der Waals surface area contributed by atoms with Gasteiger partial charge in [0, 0.05) is 66.4 Å². The van der Waals surface area contributed by atoms with Crippen LogP contribution in [0.2, 0.25) is 0 Å². The molecule has 0 fully saturated rings. The van der Waals surface area contributed by atoms with Crippen LogP contribution < -0.4 is 25.6 Å². The maximum Gasteiger partial charge on any atom is 0.148 e. The summed E-state index contributed by atoms with van der Waals surface area (Å²) in [6.45, 7) is 1.27. The first kappa shape index (κ1) is 26.7. The van der Waals surface area contributed by atoms with Crippen LogP contribution in [-0.4, -0.2) is 32.0 Å². The number of fused-ring (bicyclic) bond motifs is 1. The zero-order valence-corrected chi connectivity index (χ0v) is 22.9. The van der Waals surface area contributed by atoms with Gasteiger partial charge in [0.2, 0.25) is 0 Å². The number of nitrogens with zero attached hydrogens (tertiary/aromatic N) is 2. The van der Waals surface area contributed by atoms with E-state index in [4.69, 9.17) is 9.72 Å². The van der Waals surface area contributed by atoms with Crippen molar-refractivity contribution in [1.82, 2.24) is 15.6 Å². The quantitative estimate of drug-likeness (QED) is 0.289. The second kappa shape index (κ2) is 11.9. The van der Waals surface area contributed by atoms with Crippen molar-refractivity contribution in [3.05, 3.63) is 118 Å². The Morgan fingerprint density at radius 2 is 1.90 bits per heavy atom. The van der Waals surface area contributed by atoms with Gasteiger partial charge in [-0.3, -0.25) is 0 Å². The molecule has 0 bridgehead atoms. The average Bonchev–Trinajstić information content (AvgIpc) is 3.40. The Morgan fingerprint density at radius 3 is 2.67 bits per heavy atom.